The summed E-state index contributed by atoms with van der Waals surface area (Å²) in [6.45, 7) is 2.37. The number of hydrogen-bond donors (Lipinski definition) is 1. The van der Waals surface area contributed by atoms with Crippen LogP contribution >= 0.6 is 11.6 Å². The fraction of sp³-hybridized carbons (Fsp3) is 0.250. The summed E-state index contributed by atoms with van der Waals surface area (Å²) in [6.07, 6.45) is 1.03. The van der Waals surface area contributed by atoms with E-state index in [0.717, 1.165) is 11.4 Å². The number of nitrogens with zero attached hydrogens (tertiary/aromatic N) is 1. The van der Waals surface area contributed by atoms with Crippen molar-refractivity contribution >= 4 is 23.3 Å². The van der Waals surface area contributed by atoms with Crippen LogP contribution in [0.25, 0.3) is 0 Å². The van der Waals surface area contributed by atoms with Crippen LogP contribution in [0.1, 0.15) is 18.5 Å². The first-order valence-electron chi connectivity index (χ1n) is 6.75. The lowest BCUT2D eigenvalue weighted by Gasteiger charge is -2.07. The van der Waals surface area contributed by atoms with Crippen molar-refractivity contribution in [3.63, 3.8) is 0 Å². The van der Waals surface area contributed by atoms with Gasteiger partial charge in [0.25, 0.3) is 0 Å². The van der Waals surface area contributed by atoms with Crippen LogP contribution in [-0.4, -0.2) is 17.5 Å². The highest BCUT2D eigenvalue weighted by Crippen LogP contribution is 2.15. The Kier molecular flexibility index (Phi) is 5.58. The van der Waals surface area contributed by atoms with Crippen LogP contribution in [-0.2, 0) is 4.79 Å². The summed E-state index contributed by atoms with van der Waals surface area (Å²) in [6, 6.07) is 12.7. The highest BCUT2D eigenvalue weighted by molar-refractivity contribution is 6.30. The average Bonchev–Trinajstić information content (AvgIpc) is 2.45. The first-order chi connectivity index (χ1) is 10.1. The fourth-order valence-electron chi connectivity index (χ4n) is 1.77. The number of hydrogen-bond acceptors (Lipinski definition) is 3. The number of aromatic nitrogens is 1. The van der Waals surface area contributed by atoms with Crippen LogP contribution in [0, 0.1) is 6.92 Å². The minimum absolute atomic E-state index is 0.0622. The molecule has 0 fully saturated rings. The van der Waals surface area contributed by atoms with Crippen LogP contribution in [0.15, 0.2) is 42.5 Å². The molecule has 0 atom stereocenters. The molecule has 0 bridgehead atoms. The Morgan fingerprint density at radius 2 is 2.00 bits per heavy atom. The molecule has 21 heavy (non-hydrogen) atoms. The largest absolute Gasteiger partial charge is 0.494 e. The number of rotatable bonds is 6. The molecular formula is C16H17ClN2O2. The molecule has 0 aliphatic rings. The number of benzene rings is 1. The summed E-state index contributed by atoms with van der Waals surface area (Å²) in [5.41, 5.74) is 0.874. The van der Waals surface area contributed by atoms with E-state index in [9.17, 15) is 4.79 Å². The Morgan fingerprint density at radius 1 is 1.24 bits per heavy atom. The van der Waals surface area contributed by atoms with Crippen LogP contribution in [0.2, 0.25) is 5.02 Å². The standard InChI is InChI=1S/C16H17ClN2O2/c1-12-4-2-5-15(18-12)19-16(20)6-3-11-21-14-9-7-13(17)8-10-14/h2,4-5,7-10H,3,6,11H2,1H3,(H,18,19,20). The van der Waals surface area contributed by atoms with Crippen LogP contribution in [0.5, 0.6) is 5.75 Å². The van der Waals surface area contributed by atoms with Gasteiger partial charge in [0.15, 0.2) is 0 Å². The molecule has 0 unspecified atom stereocenters. The summed E-state index contributed by atoms with van der Waals surface area (Å²) in [5.74, 6) is 1.27. The molecule has 1 N–H and O–H groups in total. The van der Waals surface area contributed by atoms with Crippen molar-refractivity contribution in [2.24, 2.45) is 0 Å². The van der Waals surface area contributed by atoms with Crippen LogP contribution in [0.3, 0.4) is 0 Å². The van der Waals surface area contributed by atoms with Gasteiger partial charge in [-0.25, -0.2) is 4.98 Å². The number of anilines is 1. The van der Waals surface area contributed by atoms with E-state index >= 15 is 0 Å². The smallest absolute Gasteiger partial charge is 0.225 e. The summed E-state index contributed by atoms with van der Waals surface area (Å²) in [4.78, 5) is 16.0. The van der Waals surface area contributed by atoms with Gasteiger partial charge >= 0.3 is 0 Å². The second-order valence-corrected chi connectivity index (χ2v) is 5.05. The zero-order valence-corrected chi connectivity index (χ0v) is 12.6. The normalized spacial score (nSPS) is 10.2. The van der Waals surface area contributed by atoms with Crippen molar-refractivity contribution < 1.29 is 9.53 Å². The van der Waals surface area contributed by atoms with Crippen LogP contribution in [0.4, 0.5) is 5.82 Å². The highest BCUT2D eigenvalue weighted by atomic mass is 35.5. The van der Waals surface area contributed by atoms with Gasteiger partial charge in [0.2, 0.25) is 5.91 Å². The number of amides is 1. The van der Waals surface area contributed by atoms with E-state index in [2.05, 4.69) is 10.3 Å². The number of carbonyl (C=O) groups excluding carboxylic acids is 1. The average molecular weight is 305 g/mol. The van der Waals surface area contributed by atoms with Gasteiger partial charge in [0.05, 0.1) is 6.61 Å². The van der Waals surface area contributed by atoms with Crippen molar-refractivity contribution in [2.75, 3.05) is 11.9 Å². The number of ether oxygens (including phenoxy) is 1. The zero-order chi connectivity index (χ0) is 15.1. The predicted octanol–water partition coefficient (Wildman–Crippen LogP) is 3.84. The first-order valence-corrected chi connectivity index (χ1v) is 7.13. The molecular weight excluding hydrogens is 288 g/mol. The summed E-state index contributed by atoms with van der Waals surface area (Å²) in [5, 5.41) is 3.44. The van der Waals surface area contributed by atoms with E-state index in [0.29, 0.717) is 30.3 Å². The number of pyridine rings is 1. The predicted molar refractivity (Wildman–Crippen MR) is 83.8 cm³/mol. The molecule has 5 heteroatoms. The van der Waals surface area contributed by atoms with Crippen molar-refractivity contribution in [2.45, 2.75) is 19.8 Å². The lowest BCUT2D eigenvalue weighted by Crippen LogP contribution is -2.13. The van der Waals surface area contributed by atoms with Gasteiger partial charge in [-0.2, -0.15) is 0 Å². The summed E-state index contributed by atoms with van der Waals surface area (Å²) in [7, 11) is 0. The van der Waals surface area contributed by atoms with Crippen molar-refractivity contribution in [1.29, 1.82) is 0 Å². The molecule has 0 radical (unpaired) electrons. The van der Waals surface area contributed by atoms with E-state index in [1.807, 2.05) is 19.1 Å². The molecule has 0 aliphatic carbocycles. The SMILES string of the molecule is Cc1cccc(NC(=O)CCCOc2ccc(Cl)cc2)n1. The van der Waals surface area contributed by atoms with Gasteiger partial charge in [0, 0.05) is 17.1 Å². The van der Waals surface area contributed by atoms with E-state index in [4.69, 9.17) is 16.3 Å². The molecule has 1 aromatic heterocycles. The molecule has 2 aromatic rings. The number of aryl methyl sites for hydroxylation is 1. The minimum atomic E-state index is -0.0622. The van der Waals surface area contributed by atoms with Crippen molar-refractivity contribution in [3.8, 4) is 5.75 Å². The van der Waals surface area contributed by atoms with Crippen molar-refractivity contribution in [3.05, 3.63) is 53.2 Å². The van der Waals surface area contributed by atoms with Crippen LogP contribution < -0.4 is 10.1 Å². The van der Waals surface area contributed by atoms with Gasteiger partial charge in [0.1, 0.15) is 11.6 Å². The maximum Gasteiger partial charge on any atom is 0.225 e. The third-order valence-corrected chi connectivity index (χ3v) is 3.04. The zero-order valence-electron chi connectivity index (χ0n) is 11.8. The Bertz CT molecular complexity index is 599. The molecule has 0 spiro atoms. The van der Waals surface area contributed by atoms with Gasteiger partial charge in [-0.1, -0.05) is 17.7 Å². The molecule has 1 heterocycles. The Balaban J connectivity index is 1.68. The van der Waals surface area contributed by atoms with E-state index in [-0.39, 0.29) is 5.91 Å². The molecule has 110 valence electrons. The van der Waals surface area contributed by atoms with Gasteiger partial charge < -0.3 is 10.1 Å². The maximum absolute atomic E-state index is 11.8. The molecule has 0 saturated carbocycles. The Hall–Kier alpha value is -2.07. The highest BCUT2D eigenvalue weighted by Gasteiger charge is 2.03. The van der Waals surface area contributed by atoms with E-state index < -0.39 is 0 Å². The minimum Gasteiger partial charge on any atom is -0.494 e. The third kappa shape index (κ3) is 5.44. The topological polar surface area (TPSA) is 51.2 Å². The van der Waals surface area contributed by atoms with Gasteiger partial charge in [-0.3, -0.25) is 4.79 Å². The Labute approximate surface area is 129 Å². The second-order valence-electron chi connectivity index (χ2n) is 4.62. The fourth-order valence-corrected chi connectivity index (χ4v) is 1.90. The summed E-state index contributed by atoms with van der Waals surface area (Å²) >= 11 is 5.79. The molecule has 4 nitrogen and oxygen atoms in total. The Morgan fingerprint density at radius 3 is 2.71 bits per heavy atom. The first kappa shape index (κ1) is 15.3. The monoisotopic (exact) mass is 304 g/mol. The van der Waals surface area contributed by atoms with E-state index in [1.54, 1.807) is 30.3 Å². The number of halogens is 1. The lowest BCUT2D eigenvalue weighted by atomic mass is 10.3. The lowest BCUT2D eigenvalue weighted by molar-refractivity contribution is -0.116. The molecule has 2 rings (SSSR count). The number of carbonyl (C=O) groups is 1. The molecule has 0 saturated heterocycles. The molecule has 1 amide bonds. The van der Waals surface area contributed by atoms with Gasteiger partial charge in [-0.15, -0.1) is 0 Å². The molecule has 0 aliphatic heterocycles. The second kappa shape index (κ2) is 7.64. The third-order valence-electron chi connectivity index (χ3n) is 2.79. The number of nitrogens with one attached hydrogen (secondary N) is 1. The summed E-state index contributed by atoms with van der Waals surface area (Å²) < 4.78 is 5.53. The van der Waals surface area contributed by atoms with E-state index in [1.165, 1.54) is 0 Å². The van der Waals surface area contributed by atoms with Gasteiger partial charge in [-0.05, 0) is 49.7 Å². The maximum atomic E-state index is 11.8. The quantitative estimate of drug-likeness (QED) is 0.825. The molecule has 1 aromatic carbocycles. The van der Waals surface area contributed by atoms with Crippen molar-refractivity contribution in [1.82, 2.24) is 4.98 Å².